The van der Waals surface area contributed by atoms with Gasteiger partial charge < -0.3 is 25.3 Å². The minimum Gasteiger partial charge on any atom is -0.391 e. The summed E-state index contributed by atoms with van der Waals surface area (Å²) in [6, 6.07) is 6.58. The van der Waals surface area contributed by atoms with Crippen LogP contribution in [0.2, 0.25) is 5.02 Å². The Morgan fingerprint density at radius 1 is 1.29 bits per heavy atom. The lowest BCUT2D eigenvalue weighted by molar-refractivity contribution is -0.147. The standard InChI is InChI=1S/C22H33ClN4O4/c1-15-8-10-26(14-19(15)28)20(29)7-4-9-25-11-12-27(16(2)21(25)30)22(31)24-18-6-3-5-17(23)13-18/h3,5-6,13,15-16,19,22,24,28,31H,4,7-12,14H2,1-2H3. The van der Waals surface area contributed by atoms with E-state index in [2.05, 4.69) is 5.32 Å². The van der Waals surface area contributed by atoms with E-state index < -0.39 is 18.5 Å². The van der Waals surface area contributed by atoms with E-state index in [1.165, 1.54) is 0 Å². The van der Waals surface area contributed by atoms with Crippen molar-refractivity contribution in [1.82, 2.24) is 14.7 Å². The lowest BCUT2D eigenvalue weighted by Crippen LogP contribution is -2.60. The van der Waals surface area contributed by atoms with E-state index in [1.807, 2.05) is 6.92 Å². The van der Waals surface area contributed by atoms with Crippen LogP contribution < -0.4 is 5.32 Å². The van der Waals surface area contributed by atoms with Gasteiger partial charge in [0.05, 0.1) is 12.1 Å². The van der Waals surface area contributed by atoms with Gasteiger partial charge in [-0.05, 0) is 43.9 Å². The number of amides is 2. The van der Waals surface area contributed by atoms with Gasteiger partial charge in [0.1, 0.15) is 0 Å². The van der Waals surface area contributed by atoms with Crippen LogP contribution in [-0.4, -0.2) is 87.9 Å². The fourth-order valence-corrected chi connectivity index (χ4v) is 4.36. The maximum absolute atomic E-state index is 12.8. The number of anilines is 1. The van der Waals surface area contributed by atoms with Crippen LogP contribution in [0.15, 0.2) is 24.3 Å². The highest BCUT2D eigenvalue weighted by Crippen LogP contribution is 2.20. The van der Waals surface area contributed by atoms with E-state index in [1.54, 1.807) is 45.9 Å². The van der Waals surface area contributed by atoms with Crippen LogP contribution in [-0.2, 0) is 9.59 Å². The maximum Gasteiger partial charge on any atom is 0.239 e. The van der Waals surface area contributed by atoms with Crippen LogP contribution in [0.3, 0.4) is 0 Å². The normalized spacial score (nSPS) is 26.1. The van der Waals surface area contributed by atoms with Crippen molar-refractivity contribution < 1.29 is 19.8 Å². The van der Waals surface area contributed by atoms with Gasteiger partial charge in [-0.2, -0.15) is 0 Å². The molecule has 4 unspecified atom stereocenters. The highest BCUT2D eigenvalue weighted by atomic mass is 35.5. The van der Waals surface area contributed by atoms with Crippen LogP contribution in [0.4, 0.5) is 5.69 Å². The summed E-state index contributed by atoms with van der Waals surface area (Å²) in [4.78, 5) is 30.4. The molecule has 8 nitrogen and oxygen atoms in total. The summed E-state index contributed by atoms with van der Waals surface area (Å²) in [5.41, 5.74) is 0.679. The largest absolute Gasteiger partial charge is 0.391 e. The monoisotopic (exact) mass is 452 g/mol. The number of piperazine rings is 1. The third-order valence-electron chi connectivity index (χ3n) is 6.32. The number of hydrogen-bond donors (Lipinski definition) is 3. The first-order valence-electron chi connectivity index (χ1n) is 11.0. The predicted molar refractivity (Wildman–Crippen MR) is 119 cm³/mol. The van der Waals surface area contributed by atoms with Crippen molar-refractivity contribution in [2.24, 2.45) is 5.92 Å². The predicted octanol–water partition coefficient (Wildman–Crippen LogP) is 1.57. The molecule has 0 radical (unpaired) electrons. The lowest BCUT2D eigenvalue weighted by Gasteiger charge is -2.41. The zero-order valence-electron chi connectivity index (χ0n) is 18.2. The molecule has 0 aliphatic carbocycles. The smallest absolute Gasteiger partial charge is 0.239 e. The summed E-state index contributed by atoms with van der Waals surface area (Å²) in [5.74, 6) is 0.197. The van der Waals surface area contributed by atoms with Crippen LogP contribution in [0.5, 0.6) is 0 Å². The van der Waals surface area contributed by atoms with Gasteiger partial charge >= 0.3 is 0 Å². The van der Waals surface area contributed by atoms with Gasteiger partial charge in [-0.3, -0.25) is 9.59 Å². The van der Waals surface area contributed by atoms with Gasteiger partial charge in [0.2, 0.25) is 11.8 Å². The Balaban J connectivity index is 1.44. The van der Waals surface area contributed by atoms with Crippen molar-refractivity contribution in [2.75, 3.05) is 38.0 Å². The number of hydrogen-bond acceptors (Lipinski definition) is 6. The van der Waals surface area contributed by atoms with E-state index in [-0.39, 0.29) is 17.7 Å². The number of benzene rings is 1. The number of nitrogens with zero attached hydrogens (tertiary/aromatic N) is 3. The number of rotatable bonds is 7. The van der Waals surface area contributed by atoms with Crippen molar-refractivity contribution in [2.45, 2.75) is 51.6 Å². The zero-order valence-corrected chi connectivity index (χ0v) is 19.0. The highest BCUT2D eigenvalue weighted by Gasteiger charge is 2.35. The molecule has 1 aromatic rings. The molecule has 31 heavy (non-hydrogen) atoms. The molecule has 3 rings (SSSR count). The first kappa shape index (κ1) is 23.8. The molecule has 2 saturated heterocycles. The third-order valence-corrected chi connectivity index (χ3v) is 6.55. The van der Waals surface area contributed by atoms with Crippen molar-refractivity contribution in [1.29, 1.82) is 0 Å². The summed E-state index contributed by atoms with van der Waals surface area (Å²) in [6.07, 6.45) is 0.301. The van der Waals surface area contributed by atoms with E-state index in [4.69, 9.17) is 11.6 Å². The van der Waals surface area contributed by atoms with Crippen LogP contribution in [0.1, 0.15) is 33.1 Å². The molecule has 1 aromatic carbocycles. The first-order valence-corrected chi connectivity index (χ1v) is 11.3. The molecular weight excluding hydrogens is 420 g/mol. The number of nitrogens with one attached hydrogen (secondary N) is 1. The molecular formula is C22H33ClN4O4. The number of halogens is 1. The van der Waals surface area contributed by atoms with Crippen molar-refractivity contribution in [3.8, 4) is 0 Å². The van der Waals surface area contributed by atoms with Crippen molar-refractivity contribution in [3.63, 3.8) is 0 Å². The molecule has 9 heteroatoms. The molecule has 0 spiro atoms. The third kappa shape index (κ3) is 6.10. The second kappa shape index (κ2) is 10.6. The number of aliphatic hydroxyl groups excluding tert-OH is 2. The molecule has 2 heterocycles. The SMILES string of the molecule is CC1CCN(C(=O)CCCN2CCN(C(O)Nc3cccc(Cl)c3)C(C)C2=O)CC1O. The molecule has 3 N–H and O–H groups in total. The number of piperidine rings is 1. The molecule has 172 valence electrons. The molecule has 2 fully saturated rings. The average molecular weight is 453 g/mol. The summed E-state index contributed by atoms with van der Waals surface area (Å²) < 4.78 is 0. The minimum absolute atomic E-state index is 0.0335. The molecule has 4 atom stereocenters. The first-order chi connectivity index (χ1) is 14.8. The molecule has 2 amide bonds. The topological polar surface area (TPSA) is 96.4 Å². The Bertz CT molecular complexity index is 780. The average Bonchev–Trinajstić information content (AvgIpc) is 2.73. The van der Waals surface area contributed by atoms with E-state index >= 15 is 0 Å². The van der Waals surface area contributed by atoms with Crippen LogP contribution in [0, 0.1) is 5.92 Å². The zero-order chi connectivity index (χ0) is 22.5. The number of carbonyl (C=O) groups is 2. The fourth-order valence-electron chi connectivity index (χ4n) is 4.17. The quantitative estimate of drug-likeness (QED) is 0.543. The molecule has 0 aromatic heterocycles. The second-order valence-corrected chi connectivity index (χ2v) is 8.98. The van der Waals surface area contributed by atoms with Crippen molar-refractivity contribution >= 4 is 29.1 Å². The minimum atomic E-state index is -1.01. The Hall–Kier alpha value is -1.87. The summed E-state index contributed by atoms with van der Waals surface area (Å²) in [5, 5.41) is 24.1. The number of β-amino-alcohol motifs (C(OH)–C–C–N with tert-alkyl or cyclic N) is 1. The molecule has 2 aliphatic rings. The Morgan fingerprint density at radius 3 is 2.77 bits per heavy atom. The number of carbonyl (C=O) groups excluding carboxylic acids is 2. The summed E-state index contributed by atoms with van der Waals surface area (Å²) in [7, 11) is 0. The molecule has 0 bridgehead atoms. The van der Waals surface area contributed by atoms with Gasteiger partial charge in [0, 0.05) is 49.9 Å². The van der Waals surface area contributed by atoms with Crippen LogP contribution in [0.25, 0.3) is 0 Å². The van der Waals surface area contributed by atoms with E-state index in [9.17, 15) is 19.8 Å². The Kier molecular flexibility index (Phi) is 8.16. The number of aliphatic hydroxyl groups is 2. The second-order valence-electron chi connectivity index (χ2n) is 8.54. The Labute approximate surface area is 188 Å². The summed E-state index contributed by atoms with van der Waals surface area (Å²) >= 11 is 5.98. The molecule has 2 aliphatic heterocycles. The highest BCUT2D eigenvalue weighted by molar-refractivity contribution is 6.30. The van der Waals surface area contributed by atoms with Crippen molar-refractivity contribution in [3.05, 3.63) is 29.3 Å². The Morgan fingerprint density at radius 2 is 2.06 bits per heavy atom. The van der Waals surface area contributed by atoms with Gasteiger partial charge in [-0.15, -0.1) is 0 Å². The lowest BCUT2D eigenvalue weighted by atomic mass is 9.96. The maximum atomic E-state index is 12.8. The van der Waals surface area contributed by atoms with E-state index in [0.717, 1.165) is 6.42 Å². The molecule has 0 saturated carbocycles. The fraction of sp³-hybridized carbons (Fsp3) is 0.636. The van der Waals surface area contributed by atoms with E-state index in [0.29, 0.717) is 56.3 Å². The van der Waals surface area contributed by atoms with Gasteiger partial charge in [0.15, 0.2) is 6.35 Å². The number of likely N-dealkylation sites (tertiary alicyclic amines) is 1. The van der Waals surface area contributed by atoms with Gasteiger partial charge in [0.25, 0.3) is 0 Å². The van der Waals surface area contributed by atoms with Crippen LogP contribution >= 0.6 is 11.6 Å². The summed E-state index contributed by atoms with van der Waals surface area (Å²) in [6.45, 7) is 6.37. The van der Waals surface area contributed by atoms with Gasteiger partial charge in [-0.25, -0.2) is 4.90 Å². The van der Waals surface area contributed by atoms with Gasteiger partial charge in [-0.1, -0.05) is 24.6 Å².